The highest BCUT2D eigenvalue weighted by Crippen LogP contribution is 2.32. The number of nitrogens with zero attached hydrogens (tertiary/aromatic N) is 3. The smallest absolute Gasteiger partial charge is 0.353 e. The molecule has 7 heteroatoms. The molecular weight excluding hydrogens is 291 g/mol. The lowest BCUT2D eigenvalue weighted by atomic mass is 9.98. The van der Waals surface area contributed by atoms with Crippen LogP contribution < -0.4 is 4.90 Å². The molecule has 1 unspecified atom stereocenters. The summed E-state index contributed by atoms with van der Waals surface area (Å²) >= 11 is 5.72. The minimum absolute atomic E-state index is 0.164. The molecule has 2 rings (SSSR count). The van der Waals surface area contributed by atoms with Crippen molar-refractivity contribution in [2.75, 3.05) is 11.4 Å². The summed E-state index contributed by atoms with van der Waals surface area (Å²) in [5, 5.41) is -0.164. The highest BCUT2D eigenvalue weighted by atomic mass is 35.5. The Kier molecular flexibility index (Phi) is 4.73. The summed E-state index contributed by atoms with van der Waals surface area (Å²) in [6.07, 6.45) is 0.414. The number of halogens is 4. The molecule has 1 aromatic rings. The van der Waals surface area contributed by atoms with Gasteiger partial charge in [-0.25, -0.2) is 9.97 Å². The number of hydrogen-bond donors (Lipinski definition) is 0. The van der Waals surface area contributed by atoms with E-state index in [9.17, 15) is 13.2 Å². The van der Waals surface area contributed by atoms with E-state index >= 15 is 0 Å². The fourth-order valence-electron chi connectivity index (χ4n) is 2.62. The summed E-state index contributed by atoms with van der Waals surface area (Å²) < 4.78 is 38.3. The zero-order valence-corrected chi connectivity index (χ0v) is 12.0. The average molecular weight is 308 g/mol. The van der Waals surface area contributed by atoms with Crippen molar-refractivity contribution in [2.45, 2.75) is 51.2 Å². The SMILES string of the molecule is CCCC1CCCCN1c1cc(Cl)nc(C(F)(F)F)n1. The van der Waals surface area contributed by atoms with Crippen LogP contribution in [0.5, 0.6) is 0 Å². The number of anilines is 1. The van der Waals surface area contributed by atoms with E-state index in [0.717, 1.165) is 38.6 Å². The number of alkyl halides is 3. The first kappa shape index (κ1) is 15.4. The molecule has 0 bridgehead atoms. The van der Waals surface area contributed by atoms with Gasteiger partial charge >= 0.3 is 6.18 Å². The lowest BCUT2D eigenvalue weighted by Gasteiger charge is -2.36. The van der Waals surface area contributed by atoms with E-state index < -0.39 is 12.0 Å². The fourth-order valence-corrected chi connectivity index (χ4v) is 2.79. The van der Waals surface area contributed by atoms with Crippen LogP contribution in [0.4, 0.5) is 19.0 Å². The Morgan fingerprint density at radius 1 is 1.35 bits per heavy atom. The van der Waals surface area contributed by atoms with Crippen molar-refractivity contribution in [1.82, 2.24) is 9.97 Å². The summed E-state index contributed by atoms with van der Waals surface area (Å²) in [5.74, 6) is -0.878. The average Bonchev–Trinajstić information content (AvgIpc) is 2.38. The molecule has 1 fully saturated rings. The van der Waals surface area contributed by atoms with Gasteiger partial charge in [0.2, 0.25) is 5.82 Å². The van der Waals surface area contributed by atoms with Gasteiger partial charge in [0, 0.05) is 18.7 Å². The van der Waals surface area contributed by atoms with Gasteiger partial charge < -0.3 is 4.90 Å². The van der Waals surface area contributed by atoms with Crippen LogP contribution in [0.25, 0.3) is 0 Å². The van der Waals surface area contributed by atoms with Crippen LogP contribution in [0.3, 0.4) is 0 Å². The summed E-state index contributed by atoms with van der Waals surface area (Å²) in [7, 11) is 0. The van der Waals surface area contributed by atoms with E-state index in [0.29, 0.717) is 0 Å². The third kappa shape index (κ3) is 3.53. The molecule has 1 atom stereocenters. The lowest BCUT2D eigenvalue weighted by molar-refractivity contribution is -0.144. The maximum atomic E-state index is 12.8. The van der Waals surface area contributed by atoms with Crippen LogP contribution in [0.2, 0.25) is 5.15 Å². The van der Waals surface area contributed by atoms with E-state index in [1.165, 1.54) is 6.07 Å². The van der Waals surface area contributed by atoms with Crippen LogP contribution in [-0.4, -0.2) is 22.6 Å². The highest BCUT2D eigenvalue weighted by Gasteiger charge is 2.36. The molecule has 3 nitrogen and oxygen atoms in total. The first-order valence-corrected chi connectivity index (χ1v) is 7.18. The van der Waals surface area contributed by atoms with E-state index in [2.05, 4.69) is 16.9 Å². The molecule has 1 aliphatic rings. The molecule has 0 aromatic carbocycles. The second-order valence-corrected chi connectivity index (χ2v) is 5.39. The van der Waals surface area contributed by atoms with Gasteiger partial charge in [-0.15, -0.1) is 0 Å². The molecular formula is C13H17ClF3N3. The standard InChI is InChI=1S/C13H17ClF3N3/c1-2-5-9-6-3-4-7-20(9)11-8-10(14)18-12(19-11)13(15,16)17/h8-9H,2-7H2,1H3. The lowest BCUT2D eigenvalue weighted by Crippen LogP contribution is -2.40. The van der Waals surface area contributed by atoms with Gasteiger partial charge in [-0.05, 0) is 25.7 Å². The van der Waals surface area contributed by atoms with E-state index in [1.807, 2.05) is 4.90 Å². The molecule has 0 saturated carbocycles. The van der Waals surface area contributed by atoms with Crippen LogP contribution in [0.15, 0.2) is 6.07 Å². The van der Waals surface area contributed by atoms with Gasteiger partial charge in [0.15, 0.2) is 0 Å². The topological polar surface area (TPSA) is 29.0 Å². The first-order chi connectivity index (χ1) is 9.41. The molecule has 1 aliphatic heterocycles. The Balaban J connectivity index is 2.32. The minimum atomic E-state index is -4.57. The molecule has 1 saturated heterocycles. The number of aromatic nitrogens is 2. The highest BCUT2D eigenvalue weighted by molar-refractivity contribution is 6.29. The first-order valence-electron chi connectivity index (χ1n) is 6.80. The number of hydrogen-bond acceptors (Lipinski definition) is 3. The fraction of sp³-hybridized carbons (Fsp3) is 0.692. The molecule has 112 valence electrons. The number of piperidine rings is 1. The predicted octanol–water partition coefficient (Wildman–Crippen LogP) is 4.31. The summed E-state index contributed by atoms with van der Waals surface area (Å²) in [6, 6.07) is 1.66. The van der Waals surface area contributed by atoms with Crippen LogP contribution >= 0.6 is 11.6 Å². The van der Waals surface area contributed by atoms with Crippen LogP contribution in [0, 0.1) is 0 Å². The van der Waals surface area contributed by atoms with Gasteiger partial charge in [0.1, 0.15) is 11.0 Å². The second-order valence-electron chi connectivity index (χ2n) is 5.00. The minimum Gasteiger partial charge on any atom is -0.353 e. The molecule has 0 aliphatic carbocycles. The van der Waals surface area contributed by atoms with Gasteiger partial charge in [0.05, 0.1) is 0 Å². The van der Waals surface area contributed by atoms with Gasteiger partial charge in [-0.3, -0.25) is 0 Å². The van der Waals surface area contributed by atoms with Gasteiger partial charge in [-0.2, -0.15) is 13.2 Å². The normalized spacial score (nSPS) is 20.2. The van der Waals surface area contributed by atoms with Crippen LogP contribution in [0.1, 0.15) is 44.9 Å². The Labute approximate surface area is 121 Å². The molecule has 0 spiro atoms. The van der Waals surface area contributed by atoms with Gasteiger partial charge in [0.25, 0.3) is 0 Å². The molecule has 20 heavy (non-hydrogen) atoms. The van der Waals surface area contributed by atoms with Crippen molar-refractivity contribution < 1.29 is 13.2 Å². The maximum absolute atomic E-state index is 12.8. The van der Waals surface area contributed by atoms with Crippen molar-refractivity contribution >= 4 is 17.4 Å². The Hall–Kier alpha value is -1.04. The molecule has 0 radical (unpaired) electrons. The summed E-state index contributed by atoms with van der Waals surface area (Å²) in [6.45, 7) is 2.79. The quantitative estimate of drug-likeness (QED) is 0.779. The zero-order chi connectivity index (χ0) is 14.8. The Bertz CT molecular complexity index is 463. The van der Waals surface area contributed by atoms with Crippen molar-refractivity contribution in [3.63, 3.8) is 0 Å². The maximum Gasteiger partial charge on any atom is 0.451 e. The van der Waals surface area contributed by atoms with Gasteiger partial charge in [-0.1, -0.05) is 24.9 Å². The van der Waals surface area contributed by atoms with Crippen molar-refractivity contribution in [2.24, 2.45) is 0 Å². The summed E-state index contributed by atoms with van der Waals surface area (Å²) in [5.41, 5.74) is 0. The third-order valence-corrected chi connectivity index (χ3v) is 3.67. The Morgan fingerprint density at radius 2 is 2.10 bits per heavy atom. The van der Waals surface area contributed by atoms with Crippen molar-refractivity contribution in [3.8, 4) is 0 Å². The van der Waals surface area contributed by atoms with Crippen molar-refractivity contribution in [1.29, 1.82) is 0 Å². The largest absolute Gasteiger partial charge is 0.451 e. The Morgan fingerprint density at radius 3 is 2.75 bits per heavy atom. The third-order valence-electron chi connectivity index (χ3n) is 3.48. The van der Waals surface area contributed by atoms with E-state index in [4.69, 9.17) is 11.6 Å². The monoisotopic (exact) mass is 307 g/mol. The zero-order valence-electron chi connectivity index (χ0n) is 11.3. The van der Waals surface area contributed by atoms with Crippen LogP contribution in [-0.2, 0) is 6.18 Å². The second kappa shape index (κ2) is 6.16. The number of rotatable bonds is 3. The van der Waals surface area contributed by atoms with Crippen molar-refractivity contribution in [3.05, 3.63) is 17.0 Å². The van der Waals surface area contributed by atoms with E-state index in [1.54, 1.807) is 0 Å². The molecule has 0 amide bonds. The predicted molar refractivity (Wildman–Crippen MR) is 71.9 cm³/mol. The summed E-state index contributed by atoms with van der Waals surface area (Å²) in [4.78, 5) is 8.88. The molecule has 2 heterocycles. The molecule has 0 N–H and O–H groups in total. The van der Waals surface area contributed by atoms with E-state index in [-0.39, 0.29) is 17.0 Å². The molecule has 1 aromatic heterocycles.